The van der Waals surface area contributed by atoms with Gasteiger partial charge in [-0.05, 0) is 49.4 Å². The average Bonchev–Trinajstić information content (AvgIpc) is 3.52. The molecule has 3 aromatic rings. The van der Waals surface area contributed by atoms with Crippen LogP contribution in [0.1, 0.15) is 48.3 Å². The van der Waals surface area contributed by atoms with E-state index in [0.29, 0.717) is 44.3 Å². The Morgan fingerprint density at radius 1 is 1.06 bits per heavy atom. The third-order valence-electron chi connectivity index (χ3n) is 7.12. The summed E-state index contributed by atoms with van der Waals surface area (Å²) in [5.74, 6) is 1.44. The lowest BCUT2D eigenvalue weighted by atomic mass is 9.97. The van der Waals surface area contributed by atoms with Crippen molar-refractivity contribution in [3.05, 3.63) is 71.1 Å². The number of nitrogens with one attached hydrogen (secondary N) is 1. The Hall–Kier alpha value is -3.52. The first-order valence-corrected chi connectivity index (χ1v) is 12.8. The number of aryl methyl sites for hydroxylation is 1. The van der Waals surface area contributed by atoms with Crippen LogP contribution in [0.4, 0.5) is 0 Å². The third-order valence-corrected chi connectivity index (χ3v) is 7.12. The molecular weight excluding hydrogens is 454 g/mol. The van der Waals surface area contributed by atoms with E-state index in [0.717, 1.165) is 54.6 Å². The molecule has 8 heteroatoms. The van der Waals surface area contributed by atoms with Crippen LogP contribution in [0.25, 0.3) is 11.4 Å². The van der Waals surface area contributed by atoms with Gasteiger partial charge in [0.2, 0.25) is 23.5 Å². The number of piperidine rings is 1. The molecule has 0 spiro atoms. The Labute approximate surface area is 211 Å². The van der Waals surface area contributed by atoms with Crippen LogP contribution in [-0.4, -0.2) is 51.4 Å². The molecule has 2 aromatic carbocycles. The minimum absolute atomic E-state index is 0.0574. The molecule has 2 fully saturated rings. The van der Waals surface area contributed by atoms with Crippen molar-refractivity contribution in [2.45, 2.75) is 52.2 Å². The Bertz CT molecular complexity index is 1210. The number of nitrogens with zero attached hydrogens (tertiary/aromatic N) is 4. The molecule has 1 unspecified atom stereocenters. The van der Waals surface area contributed by atoms with E-state index < -0.39 is 0 Å². The zero-order valence-corrected chi connectivity index (χ0v) is 20.8. The van der Waals surface area contributed by atoms with Gasteiger partial charge >= 0.3 is 0 Å². The number of hydrogen-bond donors (Lipinski definition) is 1. The van der Waals surface area contributed by atoms with Gasteiger partial charge in [-0.25, -0.2) is 0 Å². The van der Waals surface area contributed by atoms with Gasteiger partial charge in [0.1, 0.15) is 0 Å². The fourth-order valence-corrected chi connectivity index (χ4v) is 5.04. The number of rotatable bonds is 8. The van der Waals surface area contributed by atoms with Crippen LogP contribution in [0.2, 0.25) is 0 Å². The fourth-order valence-electron chi connectivity index (χ4n) is 5.04. The first-order valence-electron chi connectivity index (χ1n) is 12.8. The number of benzene rings is 2. The molecule has 2 aliphatic rings. The number of carbonyl (C=O) groups is 2. The second-order valence-corrected chi connectivity index (χ2v) is 9.85. The Morgan fingerprint density at radius 2 is 1.86 bits per heavy atom. The van der Waals surface area contributed by atoms with Crippen LogP contribution >= 0.6 is 0 Å². The molecule has 0 aliphatic carbocycles. The lowest BCUT2D eigenvalue weighted by molar-refractivity contribution is -0.128. The van der Waals surface area contributed by atoms with Crippen molar-refractivity contribution in [2.24, 2.45) is 5.92 Å². The molecule has 2 saturated heterocycles. The van der Waals surface area contributed by atoms with Gasteiger partial charge in [-0.3, -0.25) is 14.5 Å². The van der Waals surface area contributed by atoms with Crippen LogP contribution in [0.3, 0.4) is 0 Å². The second kappa shape index (κ2) is 11.0. The number of likely N-dealkylation sites (tertiary alicyclic amines) is 2. The van der Waals surface area contributed by atoms with E-state index in [2.05, 4.69) is 20.4 Å². The molecule has 1 N–H and O–H groups in total. The topological polar surface area (TPSA) is 91.6 Å². The monoisotopic (exact) mass is 487 g/mol. The zero-order chi connectivity index (χ0) is 24.9. The highest BCUT2D eigenvalue weighted by Gasteiger charge is 2.27. The number of hydrogen-bond acceptors (Lipinski definition) is 6. The van der Waals surface area contributed by atoms with Crippen molar-refractivity contribution in [3.63, 3.8) is 0 Å². The molecule has 0 bridgehead atoms. The second-order valence-electron chi connectivity index (χ2n) is 9.85. The Morgan fingerprint density at radius 3 is 2.64 bits per heavy atom. The molecule has 5 rings (SSSR count). The van der Waals surface area contributed by atoms with Gasteiger partial charge < -0.3 is 14.7 Å². The number of amides is 2. The largest absolute Gasteiger partial charge is 0.352 e. The highest BCUT2D eigenvalue weighted by atomic mass is 16.5. The summed E-state index contributed by atoms with van der Waals surface area (Å²) in [5.41, 5.74) is 4.26. The number of aromatic nitrogens is 2. The smallest absolute Gasteiger partial charge is 0.241 e. The maximum Gasteiger partial charge on any atom is 0.241 e. The van der Waals surface area contributed by atoms with Crippen molar-refractivity contribution >= 4 is 11.8 Å². The van der Waals surface area contributed by atoms with E-state index in [1.165, 1.54) is 0 Å². The molecular formula is C28H33N5O3. The standard InChI is InChI=1S/C28H33N5O3/c1-20-6-2-3-8-24(20)27-30-25(36-31-27)19-32-14-4-7-23(18-32)28(35)29-16-21-10-12-22(13-11-21)17-33-15-5-9-26(33)34/h2-3,6,8,10-13,23H,4-5,7,9,14-19H2,1H3,(H,29,35). The zero-order valence-electron chi connectivity index (χ0n) is 20.8. The van der Waals surface area contributed by atoms with Crippen LogP contribution < -0.4 is 5.32 Å². The molecule has 36 heavy (non-hydrogen) atoms. The summed E-state index contributed by atoms with van der Waals surface area (Å²) in [6, 6.07) is 16.1. The third kappa shape index (κ3) is 5.82. The average molecular weight is 488 g/mol. The Balaban J connectivity index is 1.10. The van der Waals surface area contributed by atoms with Crippen molar-refractivity contribution in [2.75, 3.05) is 19.6 Å². The van der Waals surface area contributed by atoms with Gasteiger partial charge in [0.05, 0.1) is 12.5 Å². The highest BCUT2D eigenvalue weighted by Crippen LogP contribution is 2.22. The summed E-state index contributed by atoms with van der Waals surface area (Å²) in [4.78, 5) is 33.4. The molecule has 2 amide bonds. The van der Waals surface area contributed by atoms with Gasteiger partial charge in [-0.1, -0.05) is 53.7 Å². The van der Waals surface area contributed by atoms with Crippen molar-refractivity contribution in [1.82, 2.24) is 25.3 Å². The van der Waals surface area contributed by atoms with E-state index in [1.807, 2.05) is 60.4 Å². The summed E-state index contributed by atoms with van der Waals surface area (Å²) in [7, 11) is 0. The first kappa shape index (κ1) is 24.2. The van der Waals surface area contributed by atoms with Gasteiger partial charge in [0.25, 0.3) is 0 Å². The minimum Gasteiger partial charge on any atom is -0.352 e. The molecule has 188 valence electrons. The predicted molar refractivity (Wildman–Crippen MR) is 135 cm³/mol. The van der Waals surface area contributed by atoms with E-state index >= 15 is 0 Å². The normalized spacial score (nSPS) is 18.5. The van der Waals surface area contributed by atoms with Crippen molar-refractivity contribution in [1.29, 1.82) is 0 Å². The SMILES string of the molecule is Cc1ccccc1-c1noc(CN2CCCC(C(=O)NCc3ccc(CN4CCCC4=O)cc3)C2)n1. The fraction of sp³-hybridized carbons (Fsp3) is 0.429. The van der Waals surface area contributed by atoms with Crippen LogP contribution in [-0.2, 0) is 29.2 Å². The van der Waals surface area contributed by atoms with Gasteiger partial charge in [-0.15, -0.1) is 0 Å². The molecule has 8 nitrogen and oxygen atoms in total. The molecule has 2 aliphatic heterocycles. The van der Waals surface area contributed by atoms with Crippen LogP contribution in [0.5, 0.6) is 0 Å². The predicted octanol–water partition coefficient (Wildman–Crippen LogP) is 3.70. The van der Waals surface area contributed by atoms with Crippen LogP contribution in [0.15, 0.2) is 53.1 Å². The summed E-state index contributed by atoms with van der Waals surface area (Å²) < 4.78 is 5.51. The summed E-state index contributed by atoms with van der Waals surface area (Å²) >= 11 is 0. The van der Waals surface area contributed by atoms with Crippen molar-refractivity contribution in [3.8, 4) is 11.4 Å². The molecule has 0 saturated carbocycles. The molecule has 1 atom stereocenters. The molecule has 3 heterocycles. The summed E-state index contributed by atoms with van der Waals surface area (Å²) in [5, 5.41) is 7.26. The Kier molecular flexibility index (Phi) is 7.41. The summed E-state index contributed by atoms with van der Waals surface area (Å²) in [6.45, 7) is 6.17. The minimum atomic E-state index is -0.0574. The summed E-state index contributed by atoms with van der Waals surface area (Å²) in [6.07, 6.45) is 3.45. The lowest BCUT2D eigenvalue weighted by Gasteiger charge is -2.30. The first-order chi connectivity index (χ1) is 17.5. The lowest BCUT2D eigenvalue weighted by Crippen LogP contribution is -2.42. The van der Waals surface area contributed by atoms with Gasteiger partial charge in [0, 0.05) is 38.2 Å². The maximum absolute atomic E-state index is 12.9. The van der Waals surface area contributed by atoms with Crippen molar-refractivity contribution < 1.29 is 14.1 Å². The van der Waals surface area contributed by atoms with E-state index in [1.54, 1.807) is 0 Å². The number of carbonyl (C=O) groups excluding carboxylic acids is 2. The van der Waals surface area contributed by atoms with Gasteiger partial charge in [0.15, 0.2) is 0 Å². The molecule has 0 radical (unpaired) electrons. The van der Waals surface area contributed by atoms with E-state index in [9.17, 15) is 9.59 Å². The van der Waals surface area contributed by atoms with E-state index in [-0.39, 0.29) is 17.7 Å². The molecule has 1 aromatic heterocycles. The maximum atomic E-state index is 12.9. The van der Waals surface area contributed by atoms with E-state index in [4.69, 9.17) is 4.52 Å². The highest BCUT2D eigenvalue weighted by molar-refractivity contribution is 5.79. The quantitative estimate of drug-likeness (QED) is 0.521. The van der Waals surface area contributed by atoms with Crippen LogP contribution in [0, 0.1) is 12.8 Å². The van der Waals surface area contributed by atoms with Gasteiger partial charge in [-0.2, -0.15) is 4.98 Å².